The predicted molar refractivity (Wildman–Crippen MR) is 64.8 cm³/mol. The normalized spacial score (nSPS) is 30.5. The number of carbonyl (C=O) groups is 1. The van der Waals surface area contributed by atoms with Crippen molar-refractivity contribution in [3.63, 3.8) is 0 Å². The molecule has 2 aliphatic rings. The third-order valence-corrected chi connectivity index (χ3v) is 3.67. The van der Waals surface area contributed by atoms with Crippen LogP contribution in [0.2, 0.25) is 0 Å². The molecule has 5 heteroatoms. The first kappa shape index (κ1) is 13.7. The summed E-state index contributed by atoms with van der Waals surface area (Å²) < 4.78 is 5.07. The van der Waals surface area contributed by atoms with Gasteiger partial charge in [0.25, 0.3) is 5.91 Å². The molecule has 0 aromatic rings. The summed E-state index contributed by atoms with van der Waals surface area (Å²) in [5, 5.41) is 3.49. The number of nitrogens with zero attached hydrogens (tertiary/aromatic N) is 1. The van der Waals surface area contributed by atoms with Gasteiger partial charge >= 0.3 is 0 Å². The maximum absolute atomic E-state index is 11.9. The lowest BCUT2D eigenvalue weighted by molar-refractivity contribution is -0.142. The van der Waals surface area contributed by atoms with Gasteiger partial charge in [0.1, 0.15) is 6.10 Å². The van der Waals surface area contributed by atoms with Gasteiger partial charge in [-0.3, -0.25) is 4.79 Å². The fourth-order valence-electron chi connectivity index (χ4n) is 2.61. The average Bonchev–Trinajstić information content (AvgIpc) is 2.73. The number of halogens is 1. The Morgan fingerprint density at radius 3 is 2.94 bits per heavy atom. The Hall–Kier alpha value is -0.320. The number of amides is 1. The average molecular weight is 249 g/mol. The van der Waals surface area contributed by atoms with E-state index in [0.29, 0.717) is 12.0 Å². The van der Waals surface area contributed by atoms with Gasteiger partial charge < -0.3 is 15.0 Å². The van der Waals surface area contributed by atoms with E-state index < -0.39 is 0 Å². The predicted octanol–water partition coefficient (Wildman–Crippen LogP) is 0.653. The van der Waals surface area contributed by atoms with Crippen LogP contribution in [0, 0.1) is 5.92 Å². The summed E-state index contributed by atoms with van der Waals surface area (Å²) in [6.45, 7) is 4.71. The molecule has 2 heterocycles. The smallest absolute Gasteiger partial charge is 0.251 e. The molecule has 0 spiro atoms. The van der Waals surface area contributed by atoms with Crippen LogP contribution in [-0.2, 0) is 9.53 Å². The molecule has 2 fully saturated rings. The molecule has 0 saturated carbocycles. The van der Waals surface area contributed by atoms with E-state index in [1.807, 2.05) is 11.8 Å². The maximum atomic E-state index is 11.9. The zero-order chi connectivity index (χ0) is 10.8. The second kappa shape index (κ2) is 5.84. The van der Waals surface area contributed by atoms with Gasteiger partial charge in [0.15, 0.2) is 0 Å². The SMILES string of the molecule is COC(C)C(=O)N1CCC2NCCC2C1.Cl. The Morgan fingerprint density at radius 2 is 2.25 bits per heavy atom. The minimum atomic E-state index is -0.295. The van der Waals surface area contributed by atoms with Crippen molar-refractivity contribution in [2.45, 2.75) is 31.9 Å². The first-order valence-corrected chi connectivity index (χ1v) is 5.77. The number of ether oxygens (including phenoxy) is 1. The molecule has 2 rings (SSSR count). The molecule has 0 aromatic heterocycles. The van der Waals surface area contributed by atoms with Crippen molar-refractivity contribution in [3.05, 3.63) is 0 Å². The summed E-state index contributed by atoms with van der Waals surface area (Å²) in [5.41, 5.74) is 0. The Kier molecular flexibility index (Phi) is 5.02. The van der Waals surface area contributed by atoms with E-state index in [9.17, 15) is 4.79 Å². The van der Waals surface area contributed by atoms with Gasteiger partial charge in [-0.1, -0.05) is 0 Å². The number of rotatable bonds is 2. The minimum Gasteiger partial charge on any atom is -0.372 e. The summed E-state index contributed by atoms with van der Waals surface area (Å²) in [4.78, 5) is 13.9. The molecule has 3 unspecified atom stereocenters. The van der Waals surface area contributed by atoms with Gasteiger partial charge in [0, 0.05) is 26.2 Å². The molecular formula is C11H21ClN2O2. The maximum Gasteiger partial charge on any atom is 0.251 e. The standard InChI is InChI=1S/C11H20N2O2.ClH/c1-8(15-2)11(14)13-6-4-10-9(7-13)3-5-12-10;/h8-10,12H,3-7H2,1-2H3;1H. The fraction of sp³-hybridized carbons (Fsp3) is 0.909. The molecule has 4 nitrogen and oxygen atoms in total. The molecule has 0 aromatic carbocycles. The highest BCUT2D eigenvalue weighted by atomic mass is 35.5. The van der Waals surface area contributed by atoms with Crippen LogP contribution in [0.1, 0.15) is 19.8 Å². The van der Waals surface area contributed by atoms with E-state index in [2.05, 4.69) is 5.32 Å². The van der Waals surface area contributed by atoms with Crippen molar-refractivity contribution in [1.82, 2.24) is 10.2 Å². The monoisotopic (exact) mass is 248 g/mol. The lowest BCUT2D eigenvalue weighted by atomic mass is 9.93. The van der Waals surface area contributed by atoms with Crippen molar-refractivity contribution in [2.75, 3.05) is 26.7 Å². The third kappa shape index (κ3) is 2.67. The number of nitrogens with one attached hydrogen (secondary N) is 1. The van der Waals surface area contributed by atoms with Gasteiger partial charge in [0.05, 0.1) is 0 Å². The quantitative estimate of drug-likeness (QED) is 0.781. The van der Waals surface area contributed by atoms with Crippen molar-refractivity contribution in [3.8, 4) is 0 Å². The molecular weight excluding hydrogens is 228 g/mol. The molecule has 1 N–H and O–H groups in total. The van der Waals surface area contributed by atoms with Gasteiger partial charge in [-0.2, -0.15) is 0 Å². The number of hydrogen-bond acceptors (Lipinski definition) is 3. The number of methoxy groups -OCH3 is 1. The number of carbonyl (C=O) groups excluding carboxylic acids is 1. The number of fused-ring (bicyclic) bond motifs is 1. The second-order valence-electron chi connectivity index (χ2n) is 4.56. The van der Waals surface area contributed by atoms with Crippen LogP contribution >= 0.6 is 12.4 Å². The fourth-order valence-corrected chi connectivity index (χ4v) is 2.61. The van der Waals surface area contributed by atoms with Gasteiger partial charge in [-0.05, 0) is 32.2 Å². The van der Waals surface area contributed by atoms with Crippen molar-refractivity contribution in [1.29, 1.82) is 0 Å². The molecule has 16 heavy (non-hydrogen) atoms. The highest BCUT2D eigenvalue weighted by molar-refractivity contribution is 5.85. The van der Waals surface area contributed by atoms with E-state index in [1.54, 1.807) is 7.11 Å². The Morgan fingerprint density at radius 1 is 1.50 bits per heavy atom. The van der Waals surface area contributed by atoms with Crippen LogP contribution in [0.5, 0.6) is 0 Å². The number of hydrogen-bond donors (Lipinski definition) is 1. The van der Waals surface area contributed by atoms with Crippen LogP contribution in [0.3, 0.4) is 0 Å². The molecule has 0 aliphatic carbocycles. The molecule has 2 saturated heterocycles. The highest BCUT2D eigenvalue weighted by Gasteiger charge is 2.35. The summed E-state index contributed by atoms with van der Waals surface area (Å²) in [7, 11) is 1.59. The molecule has 0 radical (unpaired) electrons. The van der Waals surface area contributed by atoms with Crippen LogP contribution in [0.4, 0.5) is 0 Å². The highest BCUT2D eigenvalue weighted by Crippen LogP contribution is 2.24. The van der Waals surface area contributed by atoms with E-state index in [4.69, 9.17) is 4.74 Å². The summed E-state index contributed by atoms with van der Waals surface area (Å²) >= 11 is 0. The van der Waals surface area contributed by atoms with Crippen molar-refractivity contribution < 1.29 is 9.53 Å². The summed E-state index contributed by atoms with van der Waals surface area (Å²) in [6.07, 6.45) is 2.00. The van der Waals surface area contributed by atoms with Crippen LogP contribution in [0.15, 0.2) is 0 Å². The first-order chi connectivity index (χ1) is 7.22. The zero-order valence-corrected chi connectivity index (χ0v) is 10.8. The molecule has 2 aliphatic heterocycles. The van der Waals surface area contributed by atoms with E-state index in [-0.39, 0.29) is 24.4 Å². The van der Waals surface area contributed by atoms with Crippen LogP contribution < -0.4 is 5.32 Å². The third-order valence-electron chi connectivity index (χ3n) is 3.67. The number of piperidine rings is 1. The van der Waals surface area contributed by atoms with Gasteiger partial charge in [-0.15, -0.1) is 12.4 Å². The summed E-state index contributed by atoms with van der Waals surface area (Å²) in [6, 6.07) is 0.645. The van der Waals surface area contributed by atoms with Crippen LogP contribution in [-0.4, -0.2) is 49.7 Å². The van der Waals surface area contributed by atoms with Gasteiger partial charge in [0.2, 0.25) is 0 Å². The van der Waals surface area contributed by atoms with E-state index in [0.717, 1.165) is 26.1 Å². The lowest BCUT2D eigenvalue weighted by Crippen LogP contribution is -2.49. The molecule has 3 atom stereocenters. The zero-order valence-electron chi connectivity index (χ0n) is 9.94. The lowest BCUT2D eigenvalue weighted by Gasteiger charge is -2.35. The van der Waals surface area contributed by atoms with E-state index in [1.165, 1.54) is 6.42 Å². The number of likely N-dealkylation sites (tertiary alicyclic amines) is 1. The molecule has 94 valence electrons. The Bertz CT molecular complexity index is 250. The first-order valence-electron chi connectivity index (χ1n) is 5.77. The molecule has 1 amide bonds. The Balaban J connectivity index is 0.00000128. The van der Waals surface area contributed by atoms with Crippen LogP contribution in [0.25, 0.3) is 0 Å². The van der Waals surface area contributed by atoms with Crippen molar-refractivity contribution >= 4 is 18.3 Å². The molecule has 0 bridgehead atoms. The second-order valence-corrected chi connectivity index (χ2v) is 4.56. The van der Waals surface area contributed by atoms with Crippen molar-refractivity contribution in [2.24, 2.45) is 5.92 Å². The summed E-state index contributed by atoms with van der Waals surface area (Å²) in [5.74, 6) is 0.801. The largest absolute Gasteiger partial charge is 0.372 e. The Labute approximate surface area is 103 Å². The van der Waals surface area contributed by atoms with Gasteiger partial charge in [-0.25, -0.2) is 0 Å². The van der Waals surface area contributed by atoms with E-state index >= 15 is 0 Å². The minimum absolute atomic E-state index is 0. The topological polar surface area (TPSA) is 41.6 Å².